The van der Waals surface area contributed by atoms with Gasteiger partial charge in [-0.15, -0.1) is 0 Å². The Bertz CT molecular complexity index is 938. The molecule has 24 heavy (non-hydrogen) atoms. The summed E-state index contributed by atoms with van der Waals surface area (Å²) in [6.45, 7) is 6.51. The molecule has 4 aromatic rings. The van der Waals surface area contributed by atoms with E-state index in [0.29, 0.717) is 5.92 Å². The fraction of sp³-hybridized carbons (Fsp3) is 0.238. The zero-order chi connectivity index (χ0) is 16.9. The van der Waals surface area contributed by atoms with Crippen molar-refractivity contribution in [3.05, 3.63) is 72.2 Å². The SMILES string of the molecule is CC(C)c1ccc2cc[nH]c2c1.CCc1cnc2ccccc2n1. The number of aromatic amines is 1. The fourth-order valence-electron chi connectivity index (χ4n) is 2.59. The van der Waals surface area contributed by atoms with Crippen LogP contribution in [0, 0.1) is 0 Å². The summed E-state index contributed by atoms with van der Waals surface area (Å²) in [7, 11) is 0. The monoisotopic (exact) mass is 317 g/mol. The number of nitrogens with one attached hydrogen (secondary N) is 1. The molecule has 2 aromatic carbocycles. The van der Waals surface area contributed by atoms with Gasteiger partial charge in [0.1, 0.15) is 0 Å². The Kier molecular flexibility index (Phi) is 4.90. The molecule has 0 saturated heterocycles. The lowest BCUT2D eigenvalue weighted by Crippen LogP contribution is -1.89. The first-order valence-electron chi connectivity index (χ1n) is 8.45. The maximum atomic E-state index is 4.43. The van der Waals surface area contributed by atoms with Gasteiger partial charge in [0, 0.05) is 17.9 Å². The van der Waals surface area contributed by atoms with Crippen molar-refractivity contribution in [1.82, 2.24) is 15.0 Å². The Morgan fingerprint density at radius 1 is 1.00 bits per heavy atom. The summed E-state index contributed by atoms with van der Waals surface area (Å²) in [5.74, 6) is 0.609. The highest BCUT2D eigenvalue weighted by atomic mass is 14.8. The molecule has 0 bridgehead atoms. The molecule has 0 radical (unpaired) electrons. The predicted octanol–water partition coefficient (Wildman–Crippen LogP) is 5.48. The first kappa shape index (κ1) is 16.2. The number of H-pyrrole nitrogens is 1. The van der Waals surface area contributed by atoms with E-state index in [1.807, 2.05) is 36.7 Å². The molecule has 3 nitrogen and oxygen atoms in total. The molecule has 3 heteroatoms. The average Bonchev–Trinajstić information content (AvgIpc) is 3.09. The summed E-state index contributed by atoms with van der Waals surface area (Å²) in [4.78, 5) is 11.9. The predicted molar refractivity (Wildman–Crippen MR) is 101 cm³/mol. The van der Waals surface area contributed by atoms with Gasteiger partial charge in [0.25, 0.3) is 0 Å². The van der Waals surface area contributed by atoms with Gasteiger partial charge in [-0.1, -0.05) is 45.0 Å². The number of aromatic nitrogens is 3. The summed E-state index contributed by atoms with van der Waals surface area (Å²) >= 11 is 0. The molecule has 0 amide bonds. The molecule has 0 spiro atoms. The second-order valence-electron chi connectivity index (χ2n) is 6.18. The molecule has 2 heterocycles. The zero-order valence-corrected chi connectivity index (χ0v) is 14.5. The van der Waals surface area contributed by atoms with Gasteiger partial charge in [-0.25, -0.2) is 4.98 Å². The summed E-state index contributed by atoms with van der Waals surface area (Å²) in [6, 6.07) is 16.6. The van der Waals surface area contributed by atoms with Crippen LogP contribution in [-0.2, 0) is 6.42 Å². The summed E-state index contributed by atoms with van der Waals surface area (Å²) in [6.07, 6.45) is 4.76. The lowest BCUT2D eigenvalue weighted by atomic mass is 10.0. The van der Waals surface area contributed by atoms with Crippen molar-refractivity contribution in [3.63, 3.8) is 0 Å². The number of fused-ring (bicyclic) bond motifs is 2. The fourth-order valence-corrected chi connectivity index (χ4v) is 2.59. The molecular weight excluding hydrogens is 294 g/mol. The zero-order valence-electron chi connectivity index (χ0n) is 14.5. The molecule has 122 valence electrons. The maximum absolute atomic E-state index is 4.43. The van der Waals surface area contributed by atoms with Crippen molar-refractivity contribution in [2.45, 2.75) is 33.1 Å². The van der Waals surface area contributed by atoms with Crippen LogP contribution in [0.25, 0.3) is 21.9 Å². The summed E-state index contributed by atoms with van der Waals surface area (Å²) in [5.41, 5.74) is 5.63. The van der Waals surface area contributed by atoms with Gasteiger partial charge in [0.2, 0.25) is 0 Å². The lowest BCUT2D eigenvalue weighted by Gasteiger charge is -2.03. The minimum absolute atomic E-state index is 0.609. The van der Waals surface area contributed by atoms with Crippen LogP contribution < -0.4 is 0 Å². The van der Waals surface area contributed by atoms with Crippen LogP contribution in [0.5, 0.6) is 0 Å². The van der Waals surface area contributed by atoms with Crippen molar-refractivity contribution < 1.29 is 0 Å². The highest BCUT2D eigenvalue weighted by molar-refractivity contribution is 5.80. The van der Waals surface area contributed by atoms with E-state index in [9.17, 15) is 0 Å². The number of benzene rings is 2. The minimum atomic E-state index is 0.609. The van der Waals surface area contributed by atoms with Crippen LogP contribution >= 0.6 is 0 Å². The van der Waals surface area contributed by atoms with E-state index >= 15 is 0 Å². The van der Waals surface area contributed by atoms with E-state index in [4.69, 9.17) is 0 Å². The summed E-state index contributed by atoms with van der Waals surface area (Å²) < 4.78 is 0. The molecule has 0 atom stereocenters. The third kappa shape index (κ3) is 3.62. The summed E-state index contributed by atoms with van der Waals surface area (Å²) in [5, 5.41) is 1.29. The standard InChI is InChI=1S/C11H13N.C10H10N2/c1-8(2)10-4-3-9-5-6-12-11(9)7-10;1-2-8-7-11-9-5-3-4-6-10(9)12-8/h3-8,12H,1-2H3;3-7H,2H2,1H3. The molecular formula is C21H23N3. The van der Waals surface area contributed by atoms with Crippen LogP contribution in [0.2, 0.25) is 0 Å². The van der Waals surface area contributed by atoms with Crippen LogP contribution in [0.3, 0.4) is 0 Å². The highest BCUT2D eigenvalue weighted by Gasteiger charge is 2.00. The van der Waals surface area contributed by atoms with Gasteiger partial charge in [-0.2, -0.15) is 0 Å². The van der Waals surface area contributed by atoms with Crippen molar-refractivity contribution in [3.8, 4) is 0 Å². The molecule has 0 aliphatic carbocycles. The van der Waals surface area contributed by atoms with E-state index in [1.54, 1.807) is 0 Å². The van der Waals surface area contributed by atoms with E-state index in [1.165, 1.54) is 16.5 Å². The Morgan fingerprint density at radius 3 is 2.54 bits per heavy atom. The van der Waals surface area contributed by atoms with Crippen LogP contribution in [0.1, 0.15) is 37.9 Å². The Balaban J connectivity index is 0.000000141. The van der Waals surface area contributed by atoms with Crippen molar-refractivity contribution in [1.29, 1.82) is 0 Å². The molecule has 0 fully saturated rings. The molecule has 0 unspecified atom stereocenters. The van der Waals surface area contributed by atoms with E-state index in [0.717, 1.165) is 23.1 Å². The maximum Gasteiger partial charge on any atom is 0.0890 e. The molecule has 4 rings (SSSR count). The number of hydrogen-bond acceptors (Lipinski definition) is 2. The van der Waals surface area contributed by atoms with Crippen LogP contribution in [0.15, 0.2) is 60.9 Å². The van der Waals surface area contributed by atoms with E-state index < -0.39 is 0 Å². The van der Waals surface area contributed by atoms with Crippen molar-refractivity contribution in [2.24, 2.45) is 0 Å². The van der Waals surface area contributed by atoms with Gasteiger partial charge in [0.15, 0.2) is 0 Å². The Hall–Kier alpha value is -2.68. The first-order chi connectivity index (χ1) is 11.7. The molecule has 0 saturated carbocycles. The number of hydrogen-bond donors (Lipinski definition) is 1. The van der Waals surface area contributed by atoms with E-state index in [2.05, 4.69) is 60.0 Å². The Labute approximate surface area is 142 Å². The third-order valence-corrected chi connectivity index (χ3v) is 4.11. The molecule has 0 aliphatic heterocycles. The topological polar surface area (TPSA) is 41.6 Å². The van der Waals surface area contributed by atoms with Gasteiger partial charge >= 0.3 is 0 Å². The van der Waals surface area contributed by atoms with Crippen molar-refractivity contribution in [2.75, 3.05) is 0 Å². The smallest absolute Gasteiger partial charge is 0.0890 e. The van der Waals surface area contributed by atoms with Crippen molar-refractivity contribution >= 4 is 21.9 Å². The minimum Gasteiger partial charge on any atom is -0.361 e. The largest absolute Gasteiger partial charge is 0.361 e. The van der Waals surface area contributed by atoms with E-state index in [-0.39, 0.29) is 0 Å². The second-order valence-corrected chi connectivity index (χ2v) is 6.18. The number of rotatable bonds is 2. The Morgan fingerprint density at radius 2 is 1.79 bits per heavy atom. The van der Waals surface area contributed by atoms with Gasteiger partial charge in [-0.05, 0) is 47.6 Å². The number of para-hydroxylation sites is 2. The normalized spacial score (nSPS) is 10.8. The lowest BCUT2D eigenvalue weighted by molar-refractivity contribution is 0.868. The van der Waals surface area contributed by atoms with Gasteiger partial charge < -0.3 is 4.98 Å². The molecule has 1 N–H and O–H groups in total. The quantitative estimate of drug-likeness (QED) is 0.531. The van der Waals surface area contributed by atoms with Gasteiger partial charge in [0.05, 0.1) is 16.7 Å². The molecule has 2 aromatic heterocycles. The average molecular weight is 317 g/mol. The van der Waals surface area contributed by atoms with Crippen LogP contribution in [0.4, 0.5) is 0 Å². The van der Waals surface area contributed by atoms with Crippen LogP contribution in [-0.4, -0.2) is 15.0 Å². The molecule has 0 aliphatic rings. The second kappa shape index (κ2) is 7.26. The first-order valence-corrected chi connectivity index (χ1v) is 8.45. The third-order valence-electron chi connectivity index (χ3n) is 4.11. The number of aryl methyl sites for hydroxylation is 1. The highest BCUT2D eigenvalue weighted by Crippen LogP contribution is 2.19. The van der Waals surface area contributed by atoms with Gasteiger partial charge in [-0.3, -0.25) is 4.98 Å². The number of nitrogens with zero attached hydrogens (tertiary/aromatic N) is 2.